The molecule has 0 aliphatic carbocycles. The van der Waals surface area contributed by atoms with Crippen molar-refractivity contribution < 1.29 is 4.74 Å². The van der Waals surface area contributed by atoms with Gasteiger partial charge in [-0.2, -0.15) is 0 Å². The van der Waals surface area contributed by atoms with Gasteiger partial charge < -0.3 is 15.8 Å². The van der Waals surface area contributed by atoms with Gasteiger partial charge in [-0.15, -0.1) is 0 Å². The summed E-state index contributed by atoms with van der Waals surface area (Å²) in [6.07, 6.45) is 15.0. The Morgan fingerprint density at radius 3 is 2.11 bits per heavy atom. The fourth-order valence-electron chi connectivity index (χ4n) is 3.63. The summed E-state index contributed by atoms with van der Waals surface area (Å²) in [6, 6.07) is 9.74. The molecule has 3 nitrogen and oxygen atoms in total. The lowest BCUT2D eigenvalue weighted by Crippen LogP contribution is -2.42. The van der Waals surface area contributed by atoms with Crippen LogP contribution in [0.2, 0.25) is 0 Å². The Balaban J connectivity index is 2.41. The Morgan fingerprint density at radius 2 is 1.50 bits per heavy atom. The number of nitrogens with one attached hydrogen (secondary N) is 1. The predicted molar refractivity (Wildman–Crippen MR) is 123 cm³/mol. The van der Waals surface area contributed by atoms with Crippen LogP contribution < -0.4 is 15.8 Å². The van der Waals surface area contributed by atoms with Gasteiger partial charge in [0.15, 0.2) is 0 Å². The molecule has 0 saturated carbocycles. The summed E-state index contributed by atoms with van der Waals surface area (Å²) in [7, 11) is 0. The molecular formula is C25H46N2O. The average Bonchev–Trinajstić information content (AvgIpc) is 2.73. The standard InChI is InChI=1S/C25H46N2O/c1-4-7-9-11-13-24(27-23(6-3)21-26)17-14-22-15-18-25(19-16-22)28-20-12-10-8-5-2/h15-16,18-19,23-24,27H,4-14,17,20-21,26H2,1-3H3. The second-order valence-corrected chi connectivity index (χ2v) is 8.15. The molecule has 1 rings (SSSR count). The van der Waals surface area contributed by atoms with Crippen LogP contribution in [0.4, 0.5) is 0 Å². The van der Waals surface area contributed by atoms with E-state index in [4.69, 9.17) is 10.5 Å². The van der Waals surface area contributed by atoms with Crippen molar-refractivity contribution in [3.05, 3.63) is 29.8 Å². The van der Waals surface area contributed by atoms with Gasteiger partial charge in [0.1, 0.15) is 5.75 Å². The van der Waals surface area contributed by atoms with Crippen LogP contribution in [0.3, 0.4) is 0 Å². The van der Waals surface area contributed by atoms with E-state index in [1.165, 1.54) is 63.4 Å². The lowest BCUT2D eigenvalue weighted by molar-refractivity contribution is 0.305. The maximum atomic E-state index is 5.92. The molecule has 0 bridgehead atoms. The minimum atomic E-state index is 0.444. The summed E-state index contributed by atoms with van der Waals surface area (Å²) in [6.45, 7) is 8.30. The summed E-state index contributed by atoms with van der Waals surface area (Å²) in [5.41, 5.74) is 7.32. The fraction of sp³-hybridized carbons (Fsp3) is 0.760. The molecule has 1 aromatic carbocycles. The van der Waals surface area contributed by atoms with E-state index in [0.717, 1.165) is 38.2 Å². The minimum Gasteiger partial charge on any atom is -0.494 e. The highest BCUT2D eigenvalue weighted by molar-refractivity contribution is 5.27. The molecular weight excluding hydrogens is 344 g/mol. The molecule has 162 valence electrons. The third-order valence-corrected chi connectivity index (χ3v) is 5.63. The molecule has 0 aliphatic heterocycles. The fourth-order valence-corrected chi connectivity index (χ4v) is 3.63. The third kappa shape index (κ3) is 11.7. The van der Waals surface area contributed by atoms with E-state index in [0.29, 0.717) is 12.1 Å². The number of unbranched alkanes of at least 4 members (excludes halogenated alkanes) is 6. The van der Waals surface area contributed by atoms with Crippen LogP contribution in [0.5, 0.6) is 5.75 Å². The van der Waals surface area contributed by atoms with Crippen molar-refractivity contribution in [1.82, 2.24) is 5.32 Å². The maximum absolute atomic E-state index is 5.92. The molecule has 3 N–H and O–H groups in total. The number of aryl methyl sites for hydroxylation is 1. The molecule has 0 aromatic heterocycles. The minimum absolute atomic E-state index is 0.444. The Labute approximate surface area is 174 Å². The molecule has 0 aliphatic rings. The molecule has 0 amide bonds. The van der Waals surface area contributed by atoms with Crippen molar-refractivity contribution >= 4 is 0 Å². The van der Waals surface area contributed by atoms with Crippen LogP contribution in [0.15, 0.2) is 24.3 Å². The molecule has 3 heteroatoms. The van der Waals surface area contributed by atoms with Crippen LogP contribution in [0.1, 0.15) is 97.0 Å². The normalized spacial score (nSPS) is 13.4. The van der Waals surface area contributed by atoms with Gasteiger partial charge >= 0.3 is 0 Å². The first kappa shape index (κ1) is 25.0. The molecule has 0 saturated heterocycles. The zero-order chi connectivity index (χ0) is 20.5. The van der Waals surface area contributed by atoms with Gasteiger partial charge in [0.25, 0.3) is 0 Å². The van der Waals surface area contributed by atoms with Crippen molar-refractivity contribution in [2.24, 2.45) is 5.73 Å². The van der Waals surface area contributed by atoms with Gasteiger partial charge in [-0.3, -0.25) is 0 Å². The molecule has 0 fully saturated rings. The summed E-state index contributed by atoms with van der Waals surface area (Å²) < 4.78 is 5.86. The van der Waals surface area contributed by atoms with Gasteiger partial charge in [0, 0.05) is 18.6 Å². The van der Waals surface area contributed by atoms with Gasteiger partial charge in [-0.25, -0.2) is 0 Å². The first-order valence-electron chi connectivity index (χ1n) is 11.9. The van der Waals surface area contributed by atoms with Crippen molar-refractivity contribution in [3.63, 3.8) is 0 Å². The van der Waals surface area contributed by atoms with Gasteiger partial charge in [0.05, 0.1) is 6.61 Å². The van der Waals surface area contributed by atoms with E-state index in [1.807, 2.05) is 0 Å². The lowest BCUT2D eigenvalue weighted by atomic mass is 9.98. The van der Waals surface area contributed by atoms with Gasteiger partial charge in [0.2, 0.25) is 0 Å². The zero-order valence-corrected chi connectivity index (χ0v) is 18.8. The second-order valence-electron chi connectivity index (χ2n) is 8.15. The monoisotopic (exact) mass is 390 g/mol. The van der Waals surface area contributed by atoms with E-state index in [9.17, 15) is 0 Å². The third-order valence-electron chi connectivity index (χ3n) is 5.63. The van der Waals surface area contributed by atoms with E-state index in [1.54, 1.807) is 0 Å². The summed E-state index contributed by atoms with van der Waals surface area (Å²) >= 11 is 0. The number of rotatable bonds is 18. The molecule has 2 unspecified atom stereocenters. The van der Waals surface area contributed by atoms with E-state index >= 15 is 0 Å². The zero-order valence-electron chi connectivity index (χ0n) is 18.8. The highest BCUT2D eigenvalue weighted by Gasteiger charge is 2.13. The molecule has 1 aromatic rings. The quantitative estimate of drug-likeness (QED) is 0.291. The van der Waals surface area contributed by atoms with Crippen LogP contribution in [-0.4, -0.2) is 25.2 Å². The largest absolute Gasteiger partial charge is 0.494 e. The van der Waals surface area contributed by atoms with E-state index in [-0.39, 0.29) is 0 Å². The van der Waals surface area contributed by atoms with Gasteiger partial charge in [-0.05, 0) is 49.8 Å². The van der Waals surface area contributed by atoms with Gasteiger partial charge in [-0.1, -0.05) is 77.8 Å². The Morgan fingerprint density at radius 1 is 0.821 bits per heavy atom. The summed E-state index contributed by atoms with van der Waals surface area (Å²) in [4.78, 5) is 0. The highest BCUT2D eigenvalue weighted by atomic mass is 16.5. The van der Waals surface area contributed by atoms with Crippen molar-refractivity contribution in [1.29, 1.82) is 0 Å². The molecule has 0 spiro atoms. The Kier molecular flexibility index (Phi) is 15.0. The van der Waals surface area contributed by atoms with E-state index in [2.05, 4.69) is 50.4 Å². The number of ether oxygens (including phenoxy) is 1. The topological polar surface area (TPSA) is 47.3 Å². The molecule has 0 heterocycles. The molecule has 0 radical (unpaired) electrons. The number of nitrogens with two attached hydrogens (primary N) is 1. The van der Waals surface area contributed by atoms with Crippen LogP contribution in [0.25, 0.3) is 0 Å². The van der Waals surface area contributed by atoms with Crippen LogP contribution >= 0.6 is 0 Å². The van der Waals surface area contributed by atoms with Crippen LogP contribution in [-0.2, 0) is 6.42 Å². The second kappa shape index (κ2) is 16.9. The van der Waals surface area contributed by atoms with Crippen molar-refractivity contribution in [2.45, 2.75) is 110 Å². The SMILES string of the molecule is CCCCCCOc1ccc(CCC(CCCCCC)NC(CC)CN)cc1. The molecule has 28 heavy (non-hydrogen) atoms. The maximum Gasteiger partial charge on any atom is 0.119 e. The first-order chi connectivity index (χ1) is 13.7. The number of benzene rings is 1. The number of hydrogen-bond donors (Lipinski definition) is 2. The summed E-state index contributed by atoms with van der Waals surface area (Å²) in [5.74, 6) is 1.00. The molecule has 2 atom stereocenters. The smallest absolute Gasteiger partial charge is 0.119 e. The average molecular weight is 391 g/mol. The highest BCUT2D eigenvalue weighted by Crippen LogP contribution is 2.17. The lowest BCUT2D eigenvalue weighted by Gasteiger charge is -2.24. The van der Waals surface area contributed by atoms with Crippen LogP contribution in [0, 0.1) is 0 Å². The first-order valence-corrected chi connectivity index (χ1v) is 11.9. The Hall–Kier alpha value is -1.06. The predicted octanol–water partition coefficient (Wildman–Crippen LogP) is 6.24. The van der Waals surface area contributed by atoms with Crippen molar-refractivity contribution in [3.8, 4) is 5.75 Å². The number of hydrogen-bond acceptors (Lipinski definition) is 3. The Bertz CT molecular complexity index is 456. The van der Waals surface area contributed by atoms with E-state index < -0.39 is 0 Å². The van der Waals surface area contributed by atoms with Crippen molar-refractivity contribution in [2.75, 3.05) is 13.2 Å². The summed E-state index contributed by atoms with van der Waals surface area (Å²) in [5, 5.41) is 3.81.